The fourth-order valence-electron chi connectivity index (χ4n) is 1.79. The molecule has 0 spiro atoms. The zero-order valence-corrected chi connectivity index (χ0v) is 11.6. The summed E-state index contributed by atoms with van der Waals surface area (Å²) < 4.78 is 0. The second-order valence-electron chi connectivity index (χ2n) is 4.34. The smallest absolute Gasteiger partial charge is 0.0465 e. The molecule has 1 rings (SSSR count). The van der Waals surface area contributed by atoms with Crippen molar-refractivity contribution >= 4 is 23.2 Å². The highest BCUT2D eigenvalue weighted by atomic mass is 35.5. The molecule has 16 heavy (non-hydrogen) atoms. The molecule has 0 heterocycles. The average Bonchev–Trinajstić information content (AvgIpc) is 2.22. The van der Waals surface area contributed by atoms with E-state index in [4.69, 9.17) is 23.2 Å². The van der Waals surface area contributed by atoms with Gasteiger partial charge in [0.15, 0.2) is 0 Å². The van der Waals surface area contributed by atoms with Gasteiger partial charge in [0.05, 0.1) is 0 Å². The summed E-state index contributed by atoms with van der Waals surface area (Å²) >= 11 is 12.2. The molecular formula is C13H19Cl2N. The van der Waals surface area contributed by atoms with Gasteiger partial charge < -0.3 is 5.32 Å². The summed E-state index contributed by atoms with van der Waals surface area (Å²) in [7, 11) is 0. The number of hydrogen-bond acceptors (Lipinski definition) is 1. The normalized spacial score (nSPS) is 13.1. The van der Waals surface area contributed by atoms with Crippen molar-refractivity contribution in [3.8, 4) is 0 Å². The zero-order valence-electron chi connectivity index (χ0n) is 10.1. The van der Waals surface area contributed by atoms with Crippen LogP contribution in [0, 0.1) is 5.92 Å². The molecule has 0 saturated heterocycles. The van der Waals surface area contributed by atoms with E-state index in [-0.39, 0.29) is 0 Å². The minimum absolute atomic E-state index is 0.507. The van der Waals surface area contributed by atoms with Crippen LogP contribution in [0.4, 0.5) is 0 Å². The fourth-order valence-corrected chi connectivity index (χ4v) is 2.32. The van der Waals surface area contributed by atoms with Crippen molar-refractivity contribution in [2.24, 2.45) is 5.92 Å². The molecule has 1 aromatic rings. The zero-order chi connectivity index (χ0) is 12.1. The lowest BCUT2D eigenvalue weighted by Gasteiger charge is -2.21. The van der Waals surface area contributed by atoms with Crippen LogP contribution in [0.25, 0.3) is 0 Å². The Kier molecular flexibility index (Phi) is 5.60. The maximum Gasteiger partial charge on any atom is 0.0465 e. The van der Waals surface area contributed by atoms with E-state index in [1.807, 2.05) is 18.2 Å². The Hall–Kier alpha value is -0.240. The highest BCUT2D eigenvalue weighted by Gasteiger charge is 2.12. The van der Waals surface area contributed by atoms with Gasteiger partial charge in [0.1, 0.15) is 0 Å². The van der Waals surface area contributed by atoms with E-state index in [9.17, 15) is 0 Å². The second kappa shape index (κ2) is 6.48. The standard InChI is InChI=1S/C13H19Cl2N/c1-4-13(9(2)3)16-8-10-11(14)6-5-7-12(10)15/h5-7,9,13,16H,4,8H2,1-3H3. The van der Waals surface area contributed by atoms with E-state index < -0.39 is 0 Å². The van der Waals surface area contributed by atoms with Gasteiger partial charge in [-0.2, -0.15) is 0 Å². The van der Waals surface area contributed by atoms with E-state index in [0.29, 0.717) is 12.0 Å². The van der Waals surface area contributed by atoms with Crippen molar-refractivity contribution in [3.63, 3.8) is 0 Å². The van der Waals surface area contributed by atoms with Gasteiger partial charge in [0.25, 0.3) is 0 Å². The minimum Gasteiger partial charge on any atom is -0.310 e. The predicted octanol–water partition coefficient (Wildman–Crippen LogP) is 4.52. The summed E-state index contributed by atoms with van der Waals surface area (Å²) in [6, 6.07) is 6.13. The molecule has 0 fully saturated rings. The summed E-state index contributed by atoms with van der Waals surface area (Å²) in [5, 5.41) is 4.97. The molecule has 0 bridgehead atoms. The first-order valence-electron chi connectivity index (χ1n) is 5.72. The number of benzene rings is 1. The topological polar surface area (TPSA) is 12.0 Å². The number of halogens is 2. The third kappa shape index (κ3) is 3.65. The van der Waals surface area contributed by atoms with Crippen LogP contribution < -0.4 is 5.32 Å². The van der Waals surface area contributed by atoms with Crippen LogP contribution >= 0.6 is 23.2 Å². The SMILES string of the molecule is CCC(NCc1c(Cl)cccc1Cl)C(C)C. The monoisotopic (exact) mass is 259 g/mol. The van der Waals surface area contributed by atoms with Crippen LogP contribution in [-0.4, -0.2) is 6.04 Å². The third-order valence-corrected chi connectivity index (χ3v) is 3.56. The number of rotatable bonds is 5. The Labute approximate surface area is 108 Å². The van der Waals surface area contributed by atoms with Crippen molar-refractivity contribution in [1.29, 1.82) is 0 Å². The lowest BCUT2D eigenvalue weighted by molar-refractivity contribution is 0.387. The second-order valence-corrected chi connectivity index (χ2v) is 5.15. The van der Waals surface area contributed by atoms with Crippen LogP contribution in [0.1, 0.15) is 32.8 Å². The van der Waals surface area contributed by atoms with Crippen molar-refractivity contribution < 1.29 is 0 Å². The molecule has 90 valence electrons. The lowest BCUT2D eigenvalue weighted by atomic mass is 10.0. The van der Waals surface area contributed by atoms with Crippen molar-refractivity contribution in [1.82, 2.24) is 5.32 Å². The van der Waals surface area contributed by atoms with Gasteiger partial charge in [-0.25, -0.2) is 0 Å². The van der Waals surface area contributed by atoms with Gasteiger partial charge in [-0.1, -0.05) is 50.0 Å². The van der Waals surface area contributed by atoms with E-state index >= 15 is 0 Å². The van der Waals surface area contributed by atoms with Gasteiger partial charge in [0, 0.05) is 28.2 Å². The molecule has 0 saturated carbocycles. The highest BCUT2D eigenvalue weighted by molar-refractivity contribution is 6.35. The van der Waals surface area contributed by atoms with Crippen LogP contribution in [0.15, 0.2) is 18.2 Å². The first kappa shape index (κ1) is 13.8. The van der Waals surface area contributed by atoms with Gasteiger partial charge in [-0.3, -0.25) is 0 Å². The Balaban J connectivity index is 2.67. The molecular weight excluding hydrogens is 241 g/mol. The molecule has 0 aliphatic carbocycles. The average molecular weight is 260 g/mol. The summed E-state index contributed by atoms with van der Waals surface area (Å²) in [6.45, 7) is 7.35. The largest absolute Gasteiger partial charge is 0.310 e. The Morgan fingerprint density at radius 1 is 1.19 bits per heavy atom. The van der Waals surface area contributed by atoms with Crippen molar-refractivity contribution in [2.75, 3.05) is 0 Å². The molecule has 0 aromatic heterocycles. The molecule has 0 aliphatic rings. The summed E-state index contributed by atoms with van der Waals surface area (Å²) in [6.07, 6.45) is 1.11. The predicted molar refractivity (Wildman–Crippen MR) is 72.2 cm³/mol. The van der Waals surface area contributed by atoms with E-state index in [1.54, 1.807) is 0 Å². The first-order valence-corrected chi connectivity index (χ1v) is 6.48. The summed E-state index contributed by atoms with van der Waals surface area (Å²) in [5.41, 5.74) is 0.991. The van der Waals surface area contributed by atoms with Crippen molar-refractivity contribution in [3.05, 3.63) is 33.8 Å². The van der Waals surface area contributed by atoms with E-state index in [0.717, 1.165) is 28.6 Å². The number of hydrogen-bond donors (Lipinski definition) is 1. The van der Waals surface area contributed by atoms with E-state index in [2.05, 4.69) is 26.1 Å². The number of nitrogens with one attached hydrogen (secondary N) is 1. The quantitative estimate of drug-likeness (QED) is 0.820. The molecule has 0 aliphatic heterocycles. The van der Waals surface area contributed by atoms with Crippen LogP contribution in [0.3, 0.4) is 0 Å². The van der Waals surface area contributed by atoms with Crippen molar-refractivity contribution in [2.45, 2.75) is 39.8 Å². The lowest BCUT2D eigenvalue weighted by Crippen LogP contribution is -2.32. The van der Waals surface area contributed by atoms with Crippen LogP contribution in [0.2, 0.25) is 10.0 Å². The molecule has 0 amide bonds. The van der Waals surface area contributed by atoms with Crippen LogP contribution in [-0.2, 0) is 6.54 Å². The third-order valence-electron chi connectivity index (χ3n) is 2.85. The maximum atomic E-state index is 6.11. The van der Waals surface area contributed by atoms with Gasteiger partial charge in [0.2, 0.25) is 0 Å². The Morgan fingerprint density at radius 3 is 2.19 bits per heavy atom. The maximum absolute atomic E-state index is 6.11. The molecule has 0 radical (unpaired) electrons. The minimum atomic E-state index is 0.507. The summed E-state index contributed by atoms with van der Waals surface area (Å²) in [4.78, 5) is 0. The van der Waals surface area contributed by atoms with Gasteiger partial charge in [-0.15, -0.1) is 0 Å². The summed E-state index contributed by atoms with van der Waals surface area (Å²) in [5.74, 6) is 0.617. The molecule has 1 unspecified atom stereocenters. The first-order chi connectivity index (χ1) is 7.56. The Bertz CT molecular complexity index is 316. The fraction of sp³-hybridized carbons (Fsp3) is 0.538. The molecule has 1 aromatic carbocycles. The van der Waals surface area contributed by atoms with E-state index in [1.165, 1.54) is 0 Å². The molecule has 1 atom stereocenters. The van der Waals surface area contributed by atoms with Crippen LogP contribution in [0.5, 0.6) is 0 Å². The molecule has 1 N–H and O–H groups in total. The van der Waals surface area contributed by atoms with Gasteiger partial charge in [-0.05, 0) is 24.5 Å². The van der Waals surface area contributed by atoms with Gasteiger partial charge >= 0.3 is 0 Å². The Morgan fingerprint density at radius 2 is 1.75 bits per heavy atom. The molecule has 1 nitrogen and oxygen atoms in total. The highest BCUT2D eigenvalue weighted by Crippen LogP contribution is 2.24. The molecule has 3 heteroatoms.